The third kappa shape index (κ3) is 2.05. The number of hydrogen-bond donors (Lipinski definition) is 0. The van der Waals surface area contributed by atoms with E-state index in [2.05, 4.69) is 24.9 Å². The van der Waals surface area contributed by atoms with E-state index in [1.165, 1.54) is 16.2 Å². The van der Waals surface area contributed by atoms with Gasteiger partial charge in [-0.15, -0.1) is 11.3 Å². The van der Waals surface area contributed by atoms with E-state index >= 15 is 0 Å². The Morgan fingerprint density at radius 3 is 2.67 bits per heavy atom. The quantitative estimate of drug-likeness (QED) is 0.701. The van der Waals surface area contributed by atoms with Crippen LogP contribution in [0.4, 0.5) is 0 Å². The van der Waals surface area contributed by atoms with Crippen LogP contribution in [0.15, 0.2) is 0 Å². The highest BCUT2D eigenvalue weighted by Crippen LogP contribution is 2.20. The fraction of sp³-hybridized carbons (Fsp3) is 0.556. The zero-order valence-corrected chi connectivity index (χ0v) is 8.40. The minimum Gasteiger partial charge on any atom is -0.231 e. The topological polar surface area (TPSA) is 36.7 Å². The zero-order valence-electron chi connectivity index (χ0n) is 7.59. The van der Waals surface area contributed by atoms with Crippen molar-refractivity contribution in [1.82, 2.24) is 4.98 Å². The molecule has 0 fully saturated rings. The van der Waals surface area contributed by atoms with Gasteiger partial charge in [0.05, 0.1) is 5.69 Å². The molecule has 0 saturated heterocycles. The molecule has 0 aliphatic carbocycles. The van der Waals surface area contributed by atoms with Crippen molar-refractivity contribution >= 4 is 11.3 Å². The Labute approximate surface area is 76.9 Å². The molecule has 0 atom stereocenters. The molecule has 12 heavy (non-hydrogen) atoms. The molecule has 1 aromatic rings. The van der Waals surface area contributed by atoms with Gasteiger partial charge in [0, 0.05) is 4.88 Å². The van der Waals surface area contributed by atoms with Crippen molar-refractivity contribution in [2.45, 2.75) is 27.2 Å². The van der Waals surface area contributed by atoms with Gasteiger partial charge in [-0.2, -0.15) is 5.26 Å². The van der Waals surface area contributed by atoms with E-state index in [4.69, 9.17) is 5.26 Å². The van der Waals surface area contributed by atoms with Crippen molar-refractivity contribution in [2.24, 2.45) is 5.92 Å². The number of hydrogen-bond acceptors (Lipinski definition) is 3. The maximum atomic E-state index is 8.61. The lowest BCUT2D eigenvalue weighted by Gasteiger charge is -2.00. The molecule has 1 heterocycles. The number of aryl methyl sites for hydroxylation is 1. The minimum absolute atomic E-state index is 0.586. The van der Waals surface area contributed by atoms with Crippen molar-refractivity contribution in [2.75, 3.05) is 0 Å². The maximum absolute atomic E-state index is 8.61. The Bertz CT molecular complexity index is 307. The van der Waals surface area contributed by atoms with Crippen LogP contribution in [-0.2, 0) is 6.42 Å². The predicted octanol–water partition coefficient (Wildman–Crippen LogP) is 2.52. The molecule has 0 aromatic carbocycles. The standard InChI is InChI=1S/C9H12N2S/c1-6(2)4-8-7(3)11-9(5-10)12-8/h6H,4H2,1-3H3. The summed E-state index contributed by atoms with van der Waals surface area (Å²) in [6.45, 7) is 6.31. The van der Waals surface area contributed by atoms with Gasteiger partial charge < -0.3 is 0 Å². The first-order valence-corrected chi connectivity index (χ1v) is 4.81. The van der Waals surface area contributed by atoms with Crippen LogP contribution in [0.25, 0.3) is 0 Å². The molecular weight excluding hydrogens is 168 g/mol. The molecule has 3 heteroatoms. The number of aromatic nitrogens is 1. The third-order valence-corrected chi connectivity index (χ3v) is 2.67. The second-order valence-corrected chi connectivity index (χ2v) is 4.32. The van der Waals surface area contributed by atoms with Crippen molar-refractivity contribution in [3.05, 3.63) is 15.6 Å². The second-order valence-electron chi connectivity index (χ2n) is 3.24. The summed E-state index contributed by atoms with van der Waals surface area (Å²) in [4.78, 5) is 5.39. The number of nitrogens with zero attached hydrogens (tertiary/aromatic N) is 2. The van der Waals surface area contributed by atoms with Crippen molar-refractivity contribution in [3.63, 3.8) is 0 Å². The summed E-state index contributed by atoms with van der Waals surface area (Å²) in [7, 11) is 0. The smallest absolute Gasteiger partial charge is 0.194 e. The van der Waals surface area contributed by atoms with Gasteiger partial charge in [0.15, 0.2) is 5.01 Å². The van der Waals surface area contributed by atoms with Gasteiger partial charge in [-0.1, -0.05) is 13.8 Å². The number of rotatable bonds is 2. The first kappa shape index (κ1) is 9.21. The molecule has 1 rings (SSSR count). The molecule has 0 radical (unpaired) electrons. The van der Waals surface area contributed by atoms with Crippen molar-refractivity contribution < 1.29 is 0 Å². The molecule has 0 aliphatic heterocycles. The number of nitriles is 1. The van der Waals surface area contributed by atoms with Crippen LogP contribution in [-0.4, -0.2) is 4.98 Å². The molecule has 0 unspecified atom stereocenters. The van der Waals surface area contributed by atoms with Crippen LogP contribution in [0.5, 0.6) is 0 Å². The van der Waals surface area contributed by atoms with E-state index in [-0.39, 0.29) is 0 Å². The highest BCUT2D eigenvalue weighted by atomic mass is 32.1. The molecule has 2 nitrogen and oxygen atoms in total. The molecule has 0 aliphatic rings. The van der Waals surface area contributed by atoms with Gasteiger partial charge >= 0.3 is 0 Å². The van der Waals surface area contributed by atoms with Crippen LogP contribution < -0.4 is 0 Å². The van der Waals surface area contributed by atoms with Crippen molar-refractivity contribution in [3.8, 4) is 6.07 Å². The molecule has 64 valence electrons. The maximum Gasteiger partial charge on any atom is 0.194 e. The molecular formula is C9H12N2S. The van der Waals surface area contributed by atoms with Gasteiger partial charge in [0.25, 0.3) is 0 Å². The minimum atomic E-state index is 0.586. The summed E-state index contributed by atoms with van der Waals surface area (Å²) in [5, 5.41) is 9.19. The van der Waals surface area contributed by atoms with Gasteiger partial charge in [0.2, 0.25) is 0 Å². The van der Waals surface area contributed by atoms with Crippen LogP contribution >= 0.6 is 11.3 Å². The first-order chi connectivity index (χ1) is 5.63. The lowest BCUT2D eigenvalue weighted by Crippen LogP contribution is -1.92. The fourth-order valence-electron chi connectivity index (χ4n) is 1.04. The Hall–Kier alpha value is -0.880. The average Bonchev–Trinajstić information content (AvgIpc) is 2.31. The van der Waals surface area contributed by atoms with Crippen LogP contribution in [0.2, 0.25) is 0 Å². The first-order valence-electron chi connectivity index (χ1n) is 4.00. The summed E-state index contributed by atoms with van der Waals surface area (Å²) in [5.41, 5.74) is 1.02. The van der Waals surface area contributed by atoms with Gasteiger partial charge in [0.1, 0.15) is 6.07 Å². The Morgan fingerprint density at radius 2 is 2.25 bits per heavy atom. The molecule has 0 bridgehead atoms. The van der Waals surface area contributed by atoms with Gasteiger partial charge in [-0.3, -0.25) is 0 Å². The number of thiazole rings is 1. The van der Waals surface area contributed by atoms with Crippen LogP contribution in [0.3, 0.4) is 0 Å². The molecule has 1 aromatic heterocycles. The molecule has 0 spiro atoms. The average molecular weight is 180 g/mol. The Balaban J connectivity index is 2.86. The van der Waals surface area contributed by atoms with E-state index < -0.39 is 0 Å². The molecule has 0 amide bonds. The summed E-state index contributed by atoms with van der Waals surface area (Å²) in [6, 6.07) is 2.07. The Morgan fingerprint density at radius 1 is 1.58 bits per heavy atom. The van der Waals surface area contributed by atoms with Crippen LogP contribution in [0.1, 0.15) is 29.4 Å². The molecule has 0 N–H and O–H groups in total. The van der Waals surface area contributed by atoms with Crippen molar-refractivity contribution in [1.29, 1.82) is 5.26 Å². The monoisotopic (exact) mass is 180 g/mol. The summed E-state index contributed by atoms with van der Waals surface area (Å²) < 4.78 is 0. The summed E-state index contributed by atoms with van der Waals surface area (Å²) >= 11 is 1.52. The second kappa shape index (κ2) is 3.68. The highest BCUT2D eigenvalue weighted by Gasteiger charge is 2.07. The SMILES string of the molecule is Cc1nc(C#N)sc1CC(C)C. The predicted molar refractivity (Wildman–Crippen MR) is 50.1 cm³/mol. The zero-order chi connectivity index (χ0) is 9.14. The highest BCUT2D eigenvalue weighted by molar-refractivity contribution is 7.12. The van der Waals surface area contributed by atoms with Gasteiger partial charge in [-0.05, 0) is 19.3 Å². The van der Waals surface area contributed by atoms with Gasteiger partial charge in [-0.25, -0.2) is 4.98 Å². The summed E-state index contributed by atoms with van der Waals surface area (Å²) in [6.07, 6.45) is 1.03. The van der Waals surface area contributed by atoms with E-state index in [0.29, 0.717) is 10.9 Å². The Kier molecular flexibility index (Phi) is 2.83. The molecule has 0 saturated carbocycles. The normalized spacial score (nSPS) is 10.2. The van der Waals surface area contributed by atoms with Crippen LogP contribution in [0, 0.1) is 24.2 Å². The van der Waals surface area contributed by atoms with E-state index in [9.17, 15) is 0 Å². The lowest BCUT2D eigenvalue weighted by atomic mass is 10.1. The van der Waals surface area contributed by atoms with E-state index in [1.807, 2.05) is 6.92 Å². The largest absolute Gasteiger partial charge is 0.231 e. The summed E-state index contributed by atoms with van der Waals surface area (Å²) in [5.74, 6) is 0.635. The lowest BCUT2D eigenvalue weighted by molar-refractivity contribution is 0.651. The fourth-order valence-corrected chi connectivity index (χ4v) is 2.11. The third-order valence-electron chi connectivity index (χ3n) is 1.58. The van der Waals surface area contributed by atoms with E-state index in [0.717, 1.165) is 12.1 Å². The van der Waals surface area contributed by atoms with E-state index in [1.54, 1.807) is 0 Å².